The molecular weight excluding hydrogens is 344 g/mol. The molecule has 2 nitrogen and oxygen atoms in total. The number of para-hydroxylation sites is 1. The van der Waals surface area contributed by atoms with Crippen molar-refractivity contribution in [3.05, 3.63) is 106 Å². The minimum atomic E-state index is -0.0301. The van der Waals surface area contributed by atoms with Crippen molar-refractivity contribution < 1.29 is 9.53 Å². The van der Waals surface area contributed by atoms with Gasteiger partial charge in [0.05, 0.1) is 0 Å². The van der Waals surface area contributed by atoms with Crippen LogP contribution >= 0.6 is 11.6 Å². The SMILES string of the molecule is Cc1ccc(C(=O)/C=C/c2ccccc2OCc2ccc(Cl)cc2)cc1. The van der Waals surface area contributed by atoms with Gasteiger partial charge in [-0.25, -0.2) is 0 Å². The number of benzene rings is 3. The van der Waals surface area contributed by atoms with E-state index in [4.69, 9.17) is 16.3 Å². The quantitative estimate of drug-likeness (QED) is 0.390. The minimum absolute atomic E-state index is 0.0301. The van der Waals surface area contributed by atoms with Gasteiger partial charge in [0.1, 0.15) is 12.4 Å². The first kappa shape index (κ1) is 18.0. The van der Waals surface area contributed by atoms with Gasteiger partial charge in [0.2, 0.25) is 0 Å². The van der Waals surface area contributed by atoms with Crippen molar-refractivity contribution in [2.45, 2.75) is 13.5 Å². The Morgan fingerprint density at radius 1 is 0.962 bits per heavy atom. The van der Waals surface area contributed by atoms with E-state index >= 15 is 0 Å². The molecule has 130 valence electrons. The molecule has 0 saturated heterocycles. The van der Waals surface area contributed by atoms with E-state index < -0.39 is 0 Å². The van der Waals surface area contributed by atoms with Crippen LogP contribution in [0, 0.1) is 6.92 Å². The highest BCUT2D eigenvalue weighted by molar-refractivity contribution is 6.30. The maximum atomic E-state index is 12.3. The van der Waals surface area contributed by atoms with Crippen LogP contribution in [0.2, 0.25) is 5.02 Å². The monoisotopic (exact) mass is 362 g/mol. The molecule has 0 aromatic heterocycles. The summed E-state index contributed by atoms with van der Waals surface area (Å²) in [6.07, 6.45) is 3.37. The van der Waals surface area contributed by atoms with Gasteiger partial charge in [-0.2, -0.15) is 0 Å². The number of aryl methyl sites for hydroxylation is 1. The van der Waals surface area contributed by atoms with Gasteiger partial charge in [0, 0.05) is 16.1 Å². The van der Waals surface area contributed by atoms with Crippen molar-refractivity contribution in [3.8, 4) is 5.75 Å². The van der Waals surface area contributed by atoms with E-state index in [1.165, 1.54) is 0 Å². The third-order valence-electron chi connectivity index (χ3n) is 3.98. The van der Waals surface area contributed by atoms with E-state index in [9.17, 15) is 4.79 Å². The predicted octanol–water partition coefficient (Wildman–Crippen LogP) is 6.12. The van der Waals surface area contributed by atoms with Gasteiger partial charge in [0.25, 0.3) is 0 Å². The number of allylic oxidation sites excluding steroid dienone is 1. The van der Waals surface area contributed by atoms with Crippen LogP contribution in [0.5, 0.6) is 5.75 Å². The van der Waals surface area contributed by atoms with Gasteiger partial charge in [-0.05, 0) is 42.8 Å². The fourth-order valence-corrected chi connectivity index (χ4v) is 2.60. The molecule has 0 saturated carbocycles. The standard InChI is InChI=1S/C23H19ClO2/c1-17-6-10-19(11-7-17)22(25)15-12-20-4-2-3-5-23(20)26-16-18-8-13-21(24)14-9-18/h2-15H,16H2,1H3/b15-12+. The van der Waals surface area contributed by atoms with Crippen LogP contribution in [0.1, 0.15) is 27.0 Å². The molecule has 26 heavy (non-hydrogen) atoms. The number of halogens is 1. The van der Waals surface area contributed by atoms with E-state index in [0.717, 1.165) is 22.4 Å². The van der Waals surface area contributed by atoms with Gasteiger partial charge >= 0.3 is 0 Å². The van der Waals surface area contributed by atoms with Crippen molar-refractivity contribution >= 4 is 23.5 Å². The lowest BCUT2D eigenvalue weighted by Gasteiger charge is -2.09. The summed E-state index contributed by atoms with van der Waals surface area (Å²) >= 11 is 5.90. The van der Waals surface area contributed by atoms with Gasteiger partial charge in [0.15, 0.2) is 5.78 Å². The van der Waals surface area contributed by atoms with E-state index in [-0.39, 0.29) is 5.78 Å². The summed E-state index contributed by atoms with van der Waals surface area (Å²) in [5, 5.41) is 0.701. The summed E-state index contributed by atoms with van der Waals surface area (Å²) < 4.78 is 5.91. The molecule has 0 heterocycles. The molecule has 3 rings (SSSR count). The topological polar surface area (TPSA) is 26.3 Å². The zero-order valence-electron chi connectivity index (χ0n) is 14.5. The molecule has 0 radical (unpaired) electrons. The van der Waals surface area contributed by atoms with Crippen molar-refractivity contribution in [2.75, 3.05) is 0 Å². The highest BCUT2D eigenvalue weighted by atomic mass is 35.5. The number of hydrogen-bond donors (Lipinski definition) is 0. The van der Waals surface area contributed by atoms with E-state index in [1.54, 1.807) is 12.2 Å². The maximum Gasteiger partial charge on any atom is 0.185 e. The third-order valence-corrected chi connectivity index (χ3v) is 4.23. The summed E-state index contributed by atoms with van der Waals surface area (Å²) in [6, 6.07) is 22.7. The second-order valence-electron chi connectivity index (χ2n) is 6.02. The second-order valence-corrected chi connectivity index (χ2v) is 6.45. The predicted molar refractivity (Wildman–Crippen MR) is 107 cm³/mol. The van der Waals surface area contributed by atoms with Gasteiger partial charge < -0.3 is 4.74 Å². The highest BCUT2D eigenvalue weighted by Gasteiger charge is 2.04. The zero-order valence-corrected chi connectivity index (χ0v) is 15.2. The zero-order chi connectivity index (χ0) is 18.4. The fourth-order valence-electron chi connectivity index (χ4n) is 2.47. The van der Waals surface area contributed by atoms with Crippen LogP contribution in [0.3, 0.4) is 0 Å². The molecule has 0 atom stereocenters. The van der Waals surface area contributed by atoms with Crippen molar-refractivity contribution in [2.24, 2.45) is 0 Å². The summed E-state index contributed by atoms with van der Waals surface area (Å²) in [5.74, 6) is 0.702. The Kier molecular flexibility index (Phi) is 5.88. The Morgan fingerprint density at radius 2 is 1.65 bits per heavy atom. The minimum Gasteiger partial charge on any atom is -0.488 e. The van der Waals surface area contributed by atoms with E-state index in [0.29, 0.717) is 17.2 Å². The Balaban J connectivity index is 1.71. The van der Waals surface area contributed by atoms with Crippen LogP contribution in [-0.2, 0) is 6.61 Å². The number of hydrogen-bond acceptors (Lipinski definition) is 2. The first-order valence-corrected chi connectivity index (χ1v) is 8.75. The number of rotatable bonds is 6. The maximum absolute atomic E-state index is 12.3. The van der Waals surface area contributed by atoms with Crippen molar-refractivity contribution in [1.29, 1.82) is 0 Å². The first-order valence-electron chi connectivity index (χ1n) is 8.37. The van der Waals surface area contributed by atoms with Crippen molar-refractivity contribution in [3.63, 3.8) is 0 Å². The molecule has 0 amide bonds. The molecule has 0 fully saturated rings. The van der Waals surface area contributed by atoms with E-state index in [2.05, 4.69) is 0 Å². The molecule has 0 bridgehead atoms. The van der Waals surface area contributed by atoms with E-state index in [1.807, 2.05) is 79.7 Å². The molecular formula is C23H19ClO2. The van der Waals surface area contributed by atoms with Gasteiger partial charge in [-0.3, -0.25) is 4.79 Å². The lowest BCUT2D eigenvalue weighted by atomic mass is 10.1. The number of ether oxygens (including phenoxy) is 1. The molecule has 3 aromatic carbocycles. The smallest absolute Gasteiger partial charge is 0.185 e. The lowest BCUT2D eigenvalue weighted by molar-refractivity contribution is 0.104. The Labute approximate surface area is 158 Å². The number of carbonyl (C=O) groups excluding carboxylic acids is 1. The average molecular weight is 363 g/mol. The van der Waals surface area contributed by atoms with Crippen LogP contribution < -0.4 is 4.74 Å². The molecule has 0 unspecified atom stereocenters. The van der Waals surface area contributed by atoms with Crippen LogP contribution in [-0.4, -0.2) is 5.78 Å². The molecule has 3 aromatic rings. The molecule has 3 heteroatoms. The summed E-state index contributed by atoms with van der Waals surface area (Å²) in [6.45, 7) is 2.44. The molecule has 0 aliphatic heterocycles. The molecule has 0 aliphatic carbocycles. The Bertz CT molecular complexity index is 910. The van der Waals surface area contributed by atoms with Crippen molar-refractivity contribution in [1.82, 2.24) is 0 Å². The number of carbonyl (C=O) groups is 1. The van der Waals surface area contributed by atoms with Crippen LogP contribution in [0.4, 0.5) is 0 Å². The summed E-state index contributed by atoms with van der Waals surface area (Å²) in [5.41, 5.74) is 3.70. The average Bonchev–Trinajstić information content (AvgIpc) is 2.67. The summed E-state index contributed by atoms with van der Waals surface area (Å²) in [7, 11) is 0. The van der Waals surface area contributed by atoms with Gasteiger partial charge in [-0.15, -0.1) is 0 Å². The van der Waals surface area contributed by atoms with Crippen LogP contribution in [0.25, 0.3) is 6.08 Å². The number of ketones is 1. The normalized spacial score (nSPS) is 10.8. The fraction of sp³-hybridized carbons (Fsp3) is 0.0870. The molecule has 0 aliphatic rings. The Hall–Kier alpha value is -2.84. The Morgan fingerprint density at radius 3 is 2.38 bits per heavy atom. The largest absolute Gasteiger partial charge is 0.488 e. The third kappa shape index (κ3) is 4.84. The first-order chi connectivity index (χ1) is 12.6. The van der Waals surface area contributed by atoms with Crippen LogP contribution in [0.15, 0.2) is 78.9 Å². The van der Waals surface area contributed by atoms with Gasteiger partial charge in [-0.1, -0.05) is 71.8 Å². The molecule has 0 N–H and O–H groups in total. The second kappa shape index (κ2) is 8.50. The molecule has 0 spiro atoms. The highest BCUT2D eigenvalue weighted by Crippen LogP contribution is 2.21. The lowest BCUT2D eigenvalue weighted by Crippen LogP contribution is -1.97. The summed E-state index contributed by atoms with van der Waals surface area (Å²) in [4.78, 5) is 12.3.